The molecular weight excluding hydrogens is 282 g/mol. The first-order valence-electron chi connectivity index (χ1n) is 7.54. The van der Waals surface area contributed by atoms with Gasteiger partial charge in [-0.2, -0.15) is 5.10 Å². The topological polar surface area (TPSA) is 76.0 Å². The van der Waals surface area contributed by atoms with Gasteiger partial charge in [0.15, 0.2) is 5.69 Å². The Bertz CT molecular complexity index is 675. The highest BCUT2D eigenvalue weighted by Gasteiger charge is 2.32. The quantitative estimate of drug-likeness (QED) is 0.931. The van der Waals surface area contributed by atoms with Gasteiger partial charge in [-0.25, -0.2) is 4.98 Å². The fourth-order valence-corrected chi connectivity index (χ4v) is 2.76. The molecule has 1 saturated heterocycles. The molecule has 0 unspecified atom stereocenters. The minimum atomic E-state index is -0.193. The van der Waals surface area contributed by atoms with Gasteiger partial charge in [0.1, 0.15) is 11.9 Å². The predicted molar refractivity (Wildman–Crippen MR) is 80.6 cm³/mol. The minimum absolute atomic E-state index is 0.0716. The summed E-state index contributed by atoms with van der Waals surface area (Å²) < 4.78 is 7.37. The van der Waals surface area contributed by atoms with Crippen molar-refractivity contribution in [3.63, 3.8) is 0 Å². The number of H-pyrrole nitrogens is 1. The van der Waals surface area contributed by atoms with Crippen LogP contribution in [0, 0.1) is 13.8 Å². The van der Waals surface area contributed by atoms with E-state index in [1.165, 1.54) is 0 Å². The lowest BCUT2D eigenvalue weighted by atomic mass is 10.2. The van der Waals surface area contributed by atoms with Crippen molar-refractivity contribution >= 4 is 5.91 Å². The molecule has 0 saturated carbocycles. The molecule has 0 radical (unpaired) electrons. The summed E-state index contributed by atoms with van der Waals surface area (Å²) in [5.41, 5.74) is 2.44. The molecule has 1 amide bonds. The van der Waals surface area contributed by atoms with Crippen LogP contribution in [0.2, 0.25) is 0 Å². The van der Waals surface area contributed by atoms with Gasteiger partial charge < -0.3 is 14.6 Å². The summed E-state index contributed by atoms with van der Waals surface area (Å²) in [7, 11) is 0. The number of morpholine rings is 1. The zero-order chi connectivity index (χ0) is 15.7. The van der Waals surface area contributed by atoms with Crippen LogP contribution in [-0.2, 0) is 11.3 Å². The number of nitrogens with one attached hydrogen (secondary N) is 1. The highest BCUT2D eigenvalue weighted by Crippen LogP contribution is 2.24. The van der Waals surface area contributed by atoms with Crippen molar-refractivity contribution in [3.05, 3.63) is 35.2 Å². The monoisotopic (exact) mass is 303 g/mol. The maximum atomic E-state index is 12.8. The van der Waals surface area contributed by atoms with Gasteiger partial charge in [-0.3, -0.25) is 9.48 Å². The Balaban J connectivity index is 1.87. The Morgan fingerprint density at radius 1 is 1.50 bits per heavy atom. The molecule has 118 valence electrons. The van der Waals surface area contributed by atoms with Crippen LogP contribution >= 0.6 is 0 Å². The molecule has 0 aliphatic carbocycles. The molecule has 22 heavy (non-hydrogen) atoms. The third kappa shape index (κ3) is 2.64. The fourth-order valence-electron chi connectivity index (χ4n) is 2.76. The van der Waals surface area contributed by atoms with Crippen LogP contribution in [0.15, 0.2) is 12.3 Å². The van der Waals surface area contributed by atoms with Crippen molar-refractivity contribution in [2.75, 3.05) is 19.8 Å². The molecule has 0 spiro atoms. The lowest BCUT2D eigenvalue weighted by molar-refractivity contribution is -0.00535. The van der Waals surface area contributed by atoms with E-state index in [9.17, 15) is 4.79 Å². The molecule has 0 aromatic carbocycles. The summed E-state index contributed by atoms with van der Waals surface area (Å²) in [4.78, 5) is 22.2. The molecule has 2 aromatic heterocycles. The Labute approximate surface area is 129 Å². The molecule has 7 heteroatoms. The lowest BCUT2D eigenvalue weighted by Gasteiger charge is -2.33. The lowest BCUT2D eigenvalue weighted by Crippen LogP contribution is -2.44. The number of nitrogens with zero attached hydrogens (tertiary/aromatic N) is 4. The number of carbonyl (C=O) groups is 1. The molecule has 1 aliphatic rings. The Hall–Kier alpha value is -2.15. The highest BCUT2D eigenvalue weighted by atomic mass is 16.5. The average molecular weight is 303 g/mol. The normalized spacial score (nSPS) is 18.7. The molecule has 2 aromatic rings. The van der Waals surface area contributed by atoms with Gasteiger partial charge in [0.05, 0.1) is 13.2 Å². The van der Waals surface area contributed by atoms with Gasteiger partial charge in [-0.1, -0.05) is 0 Å². The van der Waals surface area contributed by atoms with Gasteiger partial charge >= 0.3 is 0 Å². The van der Waals surface area contributed by atoms with Crippen molar-refractivity contribution in [2.24, 2.45) is 0 Å². The van der Waals surface area contributed by atoms with Crippen LogP contribution in [0.3, 0.4) is 0 Å². The first kappa shape index (κ1) is 14.8. The summed E-state index contributed by atoms with van der Waals surface area (Å²) in [5.74, 6) is 0.690. The largest absolute Gasteiger partial charge is 0.377 e. The number of amides is 1. The average Bonchev–Trinajstić information content (AvgIpc) is 3.12. The number of ether oxygens (including phenoxy) is 1. The predicted octanol–water partition coefficient (Wildman–Crippen LogP) is 1.46. The second-order valence-corrected chi connectivity index (χ2v) is 5.53. The van der Waals surface area contributed by atoms with Crippen molar-refractivity contribution in [1.29, 1.82) is 0 Å². The molecular formula is C15H21N5O2. The zero-order valence-corrected chi connectivity index (χ0v) is 13.2. The maximum Gasteiger partial charge on any atom is 0.275 e. The fraction of sp³-hybridized carbons (Fsp3) is 0.533. The highest BCUT2D eigenvalue weighted by molar-refractivity contribution is 5.92. The number of aryl methyl sites for hydroxylation is 3. The number of hydrogen-bond donors (Lipinski definition) is 1. The van der Waals surface area contributed by atoms with E-state index in [0.29, 0.717) is 25.5 Å². The Morgan fingerprint density at radius 2 is 2.32 bits per heavy atom. The van der Waals surface area contributed by atoms with Crippen LogP contribution in [0.1, 0.15) is 40.7 Å². The number of aromatic amines is 1. The van der Waals surface area contributed by atoms with E-state index in [4.69, 9.17) is 4.74 Å². The van der Waals surface area contributed by atoms with Crippen LogP contribution in [0.25, 0.3) is 0 Å². The second-order valence-electron chi connectivity index (χ2n) is 5.53. The Morgan fingerprint density at radius 3 is 2.95 bits per heavy atom. The standard InChI is InChI=1S/C15H21N5O2/c1-4-20-11(3)7-12(18-20)15(21)19-5-6-22-9-13(19)14-16-8-10(2)17-14/h7-8,13H,4-6,9H2,1-3H3,(H,16,17)/t13-/m1/s1. The third-order valence-corrected chi connectivity index (χ3v) is 3.93. The van der Waals surface area contributed by atoms with Crippen LogP contribution in [-0.4, -0.2) is 50.3 Å². The van der Waals surface area contributed by atoms with Crippen LogP contribution in [0.5, 0.6) is 0 Å². The van der Waals surface area contributed by atoms with Gasteiger partial charge in [-0.05, 0) is 26.8 Å². The zero-order valence-electron chi connectivity index (χ0n) is 13.2. The molecule has 1 atom stereocenters. The maximum absolute atomic E-state index is 12.8. The molecule has 7 nitrogen and oxygen atoms in total. The van der Waals surface area contributed by atoms with Crippen molar-refractivity contribution in [3.8, 4) is 0 Å². The minimum Gasteiger partial charge on any atom is -0.377 e. The number of hydrogen-bond acceptors (Lipinski definition) is 4. The van der Waals surface area contributed by atoms with E-state index in [0.717, 1.165) is 23.8 Å². The van der Waals surface area contributed by atoms with E-state index in [-0.39, 0.29) is 11.9 Å². The van der Waals surface area contributed by atoms with E-state index in [1.54, 1.807) is 11.1 Å². The van der Waals surface area contributed by atoms with E-state index < -0.39 is 0 Å². The van der Waals surface area contributed by atoms with E-state index in [2.05, 4.69) is 15.1 Å². The number of aromatic nitrogens is 4. The van der Waals surface area contributed by atoms with Crippen molar-refractivity contribution < 1.29 is 9.53 Å². The van der Waals surface area contributed by atoms with Crippen LogP contribution < -0.4 is 0 Å². The molecule has 1 fully saturated rings. The number of imidazole rings is 1. The third-order valence-electron chi connectivity index (χ3n) is 3.93. The Kier molecular flexibility index (Phi) is 3.98. The summed E-state index contributed by atoms with van der Waals surface area (Å²) in [6, 6.07) is 1.65. The molecule has 1 N–H and O–H groups in total. The van der Waals surface area contributed by atoms with Crippen molar-refractivity contribution in [1.82, 2.24) is 24.6 Å². The number of carbonyl (C=O) groups excluding carboxylic acids is 1. The molecule has 3 heterocycles. The van der Waals surface area contributed by atoms with Crippen LogP contribution in [0.4, 0.5) is 0 Å². The van der Waals surface area contributed by atoms with Gasteiger partial charge in [0.25, 0.3) is 5.91 Å². The molecule has 3 rings (SSSR count). The van der Waals surface area contributed by atoms with Gasteiger partial charge in [0, 0.05) is 30.7 Å². The summed E-state index contributed by atoms with van der Waals surface area (Å²) in [5, 5.41) is 4.39. The summed E-state index contributed by atoms with van der Waals surface area (Å²) >= 11 is 0. The first-order valence-corrected chi connectivity index (χ1v) is 7.54. The summed E-state index contributed by atoms with van der Waals surface area (Å²) in [6.07, 6.45) is 1.77. The summed E-state index contributed by atoms with van der Waals surface area (Å²) in [6.45, 7) is 8.20. The SMILES string of the molecule is CCn1nc(C(=O)N2CCOC[C@@H]2c2ncc(C)[nH]2)cc1C. The second kappa shape index (κ2) is 5.92. The van der Waals surface area contributed by atoms with E-state index in [1.807, 2.05) is 31.5 Å². The molecule has 1 aliphatic heterocycles. The first-order chi connectivity index (χ1) is 10.6. The van der Waals surface area contributed by atoms with Gasteiger partial charge in [-0.15, -0.1) is 0 Å². The molecule has 0 bridgehead atoms. The van der Waals surface area contributed by atoms with E-state index >= 15 is 0 Å². The number of rotatable bonds is 3. The van der Waals surface area contributed by atoms with Crippen molar-refractivity contribution in [2.45, 2.75) is 33.4 Å². The van der Waals surface area contributed by atoms with Gasteiger partial charge in [0.2, 0.25) is 0 Å². The smallest absolute Gasteiger partial charge is 0.275 e.